The zero-order valence-corrected chi connectivity index (χ0v) is 15.0. The van der Waals surface area contributed by atoms with E-state index in [1.54, 1.807) is 0 Å². The fraction of sp³-hybridized carbons (Fsp3) is 0.421. The molecule has 1 N–H and O–H groups in total. The van der Waals surface area contributed by atoms with Crippen LogP contribution in [-0.4, -0.2) is 49.2 Å². The number of aryl methyl sites for hydroxylation is 1. The Kier molecular flexibility index (Phi) is 5.22. The molecule has 0 saturated carbocycles. The molecule has 140 valence electrons. The molecule has 1 aromatic carbocycles. The van der Waals surface area contributed by atoms with E-state index in [9.17, 15) is 4.79 Å². The van der Waals surface area contributed by atoms with Crippen molar-refractivity contribution in [3.8, 4) is 11.6 Å². The Morgan fingerprint density at radius 2 is 2.04 bits per heavy atom. The number of hydrogen-bond acceptors (Lipinski definition) is 6. The highest BCUT2D eigenvalue weighted by Crippen LogP contribution is 2.22. The molecule has 1 fully saturated rings. The Morgan fingerprint density at radius 1 is 1.22 bits per heavy atom. The molecule has 4 rings (SSSR count). The molecular formula is C19H22N6O2. The maximum Gasteiger partial charge on any atom is 0.239 e. The van der Waals surface area contributed by atoms with Crippen molar-refractivity contribution >= 4 is 5.91 Å². The summed E-state index contributed by atoms with van der Waals surface area (Å²) in [5, 5.41) is 10.3. The van der Waals surface area contributed by atoms with Crippen molar-refractivity contribution in [2.45, 2.75) is 32.1 Å². The molecule has 1 saturated heterocycles. The number of hydrogen-bond donors (Lipinski definition) is 1. The van der Waals surface area contributed by atoms with Gasteiger partial charge in [-0.2, -0.15) is 10.1 Å². The van der Waals surface area contributed by atoms with Crippen LogP contribution in [0.1, 0.15) is 30.7 Å². The van der Waals surface area contributed by atoms with Gasteiger partial charge in [0.1, 0.15) is 6.33 Å². The van der Waals surface area contributed by atoms with E-state index < -0.39 is 0 Å². The fourth-order valence-electron chi connectivity index (χ4n) is 3.47. The first-order valence-corrected chi connectivity index (χ1v) is 9.28. The first kappa shape index (κ1) is 17.4. The normalized spacial score (nSPS) is 15.2. The van der Waals surface area contributed by atoms with E-state index in [2.05, 4.69) is 49.6 Å². The Bertz CT molecular complexity index is 853. The summed E-state index contributed by atoms with van der Waals surface area (Å²) in [6.07, 6.45) is 5.39. The van der Waals surface area contributed by atoms with Gasteiger partial charge >= 0.3 is 0 Å². The standard InChI is InChI=1S/C19H22N6O2/c26-17(7-6-16-22-19(24-27-16)18-20-13-21-23-18)25-10-8-15(9-11-25)12-14-4-2-1-3-5-14/h1-5,13,15H,6-12H2,(H,20,21,23). The van der Waals surface area contributed by atoms with Gasteiger partial charge in [-0.1, -0.05) is 35.5 Å². The van der Waals surface area contributed by atoms with Crippen molar-refractivity contribution in [2.24, 2.45) is 5.92 Å². The molecular weight excluding hydrogens is 344 g/mol. The highest BCUT2D eigenvalue weighted by molar-refractivity contribution is 5.76. The zero-order chi connectivity index (χ0) is 18.5. The van der Waals surface area contributed by atoms with E-state index in [-0.39, 0.29) is 5.91 Å². The van der Waals surface area contributed by atoms with Gasteiger partial charge in [-0.25, -0.2) is 4.98 Å². The average molecular weight is 366 g/mol. The Balaban J connectivity index is 1.23. The fourth-order valence-corrected chi connectivity index (χ4v) is 3.47. The molecule has 1 aliphatic heterocycles. The van der Waals surface area contributed by atoms with Crippen LogP contribution in [-0.2, 0) is 17.6 Å². The minimum atomic E-state index is 0.146. The number of piperidine rings is 1. The molecule has 0 bridgehead atoms. The Hall–Kier alpha value is -3.03. The zero-order valence-electron chi connectivity index (χ0n) is 15.0. The van der Waals surface area contributed by atoms with Crippen molar-refractivity contribution in [1.82, 2.24) is 30.2 Å². The number of amides is 1. The largest absolute Gasteiger partial charge is 0.343 e. The molecule has 0 unspecified atom stereocenters. The van der Waals surface area contributed by atoms with Gasteiger partial charge < -0.3 is 9.42 Å². The van der Waals surface area contributed by atoms with Gasteiger partial charge in [0, 0.05) is 25.9 Å². The number of carbonyl (C=O) groups excluding carboxylic acids is 1. The predicted octanol–water partition coefficient (Wildman–Crippen LogP) is 2.27. The molecule has 27 heavy (non-hydrogen) atoms. The van der Waals surface area contributed by atoms with Crippen LogP contribution >= 0.6 is 0 Å². The lowest BCUT2D eigenvalue weighted by Crippen LogP contribution is -2.39. The molecule has 0 atom stereocenters. The molecule has 1 amide bonds. The molecule has 3 heterocycles. The maximum absolute atomic E-state index is 12.5. The van der Waals surface area contributed by atoms with Crippen molar-refractivity contribution in [1.29, 1.82) is 0 Å². The van der Waals surface area contributed by atoms with Crippen LogP contribution in [0.25, 0.3) is 11.6 Å². The highest BCUT2D eigenvalue weighted by Gasteiger charge is 2.23. The summed E-state index contributed by atoms with van der Waals surface area (Å²) in [5.41, 5.74) is 1.38. The molecule has 0 spiro atoms. The third-order valence-electron chi connectivity index (χ3n) is 4.98. The van der Waals surface area contributed by atoms with Gasteiger partial charge in [-0.05, 0) is 30.7 Å². The Labute approximate surface area is 157 Å². The van der Waals surface area contributed by atoms with Crippen molar-refractivity contribution in [2.75, 3.05) is 13.1 Å². The first-order valence-electron chi connectivity index (χ1n) is 9.28. The number of carbonyl (C=O) groups is 1. The maximum atomic E-state index is 12.5. The molecule has 0 radical (unpaired) electrons. The Morgan fingerprint density at radius 3 is 2.78 bits per heavy atom. The summed E-state index contributed by atoms with van der Waals surface area (Å²) in [5.74, 6) is 2.05. The first-order chi connectivity index (χ1) is 13.3. The second-order valence-electron chi connectivity index (χ2n) is 6.86. The summed E-state index contributed by atoms with van der Waals surface area (Å²) >= 11 is 0. The quantitative estimate of drug-likeness (QED) is 0.718. The summed E-state index contributed by atoms with van der Waals surface area (Å²) in [6, 6.07) is 10.6. The van der Waals surface area contributed by atoms with Crippen molar-refractivity contribution in [3.63, 3.8) is 0 Å². The second kappa shape index (κ2) is 8.11. The number of likely N-dealkylation sites (tertiary alicyclic amines) is 1. The van der Waals surface area contributed by atoms with E-state index in [0.717, 1.165) is 32.4 Å². The lowest BCUT2D eigenvalue weighted by atomic mass is 9.90. The van der Waals surface area contributed by atoms with Gasteiger partial charge in [0.05, 0.1) is 0 Å². The van der Waals surface area contributed by atoms with Gasteiger partial charge in [0.15, 0.2) is 5.82 Å². The van der Waals surface area contributed by atoms with E-state index >= 15 is 0 Å². The number of rotatable bonds is 6. The van der Waals surface area contributed by atoms with Crippen LogP contribution in [0.5, 0.6) is 0 Å². The molecule has 8 nitrogen and oxygen atoms in total. The minimum Gasteiger partial charge on any atom is -0.343 e. The summed E-state index contributed by atoms with van der Waals surface area (Å²) in [4.78, 5) is 22.7. The van der Waals surface area contributed by atoms with Gasteiger partial charge in [-0.15, -0.1) is 0 Å². The summed E-state index contributed by atoms with van der Waals surface area (Å²) < 4.78 is 5.19. The van der Waals surface area contributed by atoms with Crippen LogP contribution in [0, 0.1) is 5.92 Å². The molecule has 8 heteroatoms. The van der Waals surface area contributed by atoms with E-state index in [4.69, 9.17) is 4.52 Å². The van der Waals surface area contributed by atoms with Crippen LogP contribution in [0.15, 0.2) is 41.2 Å². The number of nitrogens with one attached hydrogen (secondary N) is 1. The summed E-state index contributed by atoms with van der Waals surface area (Å²) in [7, 11) is 0. The predicted molar refractivity (Wildman–Crippen MR) is 97.4 cm³/mol. The smallest absolute Gasteiger partial charge is 0.239 e. The topological polar surface area (TPSA) is 101 Å². The molecule has 2 aromatic heterocycles. The van der Waals surface area contributed by atoms with Gasteiger partial charge in [-0.3, -0.25) is 9.89 Å². The number of benzene rings is 1. The van der Waals surface area contributed by atoms with E-state index in [1.165, 1.54) is 11.9 Å². The second-order valence-corrected chi connectivity index (χ2v) is 6.86. The van der Waals surface area contributed by atoms with Crippen LogP contribution in [0.3, 0.4) is 0 Å². The lowest BCUT2D eigenvalue weighted by Gasteiger charge is -2.32. The number of nitrogens with zero attached hydrogens (tertiary/aromatic N) is 5. The van der Waals surface area contributed by atoms with Gasteiger partial charge in [0.25, 0.3) is 0 Å². The molecule has 3 aromatic rings. The molecule has 1 aliphatic rings. The monoisotopic (exact) mass is 366 g/mol. The number of aromatic amines is 1. The third-order valence-corrected chi connectivity index (χ3v) is 4.98. The van der Waals surface area contributed by atoms with Crippen LogP contribution in [0.4, 0.5) is 0 Å². The number of aromatic nitrogens is 5. The van der Waals surface area contributed by atoms with Crippen molar-refractivity contribution < 1.29 is 9.32 Å². The van der Waals surface area contributed by atoms with Crippen LogP contribution < -0.4 is 0 Å². The van der Waals surface area contributed by atoms with Crippen LogP contribution in [0.2, 0.25) is 0 Å². The molecule has 0 aliphatic carbocycles. The lowest BCUT2D eigenvalue weighted by molar-refractivity contribution is -0.132. The van der Waals surface area contributed by atoms with Crippen molar-refractivity contribution in [3.05, 3.63) is 48.1 Å². The van der Waals surface area contributed by atoms with Gasteiger partial charge in [0.2, 0.25) is 17.6 Å². The average Bonchev–Trinajstić information content (AvgIpc) is 3.39. The van der Waals surface area contributed by atoms with E-state index in [0.29, 0.717) is 36.3 Å². The summed E-state index contributed by atoms with van der Waals surface area (Å²) in [6.45, 7) is 1.65. The van der Waals surface area contributed by atoms with E-state index in [1.807, 2.05) is 11.0 Å². The highest BCUT2D eigenvalue weighted by atomic mass is 16.5. The minimum absolute atomic E-state index is 0.146. The number of H-pyrrole nitrogens is 1. The SMILES string of the molecule is O=C(CCc1nc(-c2ncn[nH]2)no1)N1CCC(Cc2ccccc2)CC1. The third kappa shape index (κ3) is 4.39.